The maximum Gasteiger partial charge on any atom is 0.255 e. The molecule has 0 atom stereocenters. The summed E-state index contributed by atoms with van der Waals surface area (Å²) in [6.45, 7) is 0.550. The molecule has 0 unspecified atom stereocenters. The zero-order chi connectivity index (χ0) is 15.2. The van der Waals surface area contributed by atoms with Crippen LogP contribution in [0.2, 0.25) is 0 Å². The van der Waals surface area contributed by atoms with Crippen LogP contribution in [-0.2, 0) is 17.8 Å². The molecule has 0 saturated heterocycles. The molecule has 0 spiro atoms. The zero-order valence-corrected chi connectivity index (χ0v) is 11.5. The van der Waals surface area contributed by atoms with Crippen LogP contribution in [0, 0.1) is 0 Å². The number of anilines is 1. The molecule has 0 aliphatic rings. The Morgan fingerprint density at radius 2 is 1.95 bits per heavy atom. The average Bonchev–Trinajstić information content (AvgIpc) is 2.86. The summed E-state index contributed by atoms with van der Waals surface area (Å²) in [4.78, 5) is 22.8. The van der Waals surface area contributed by atoms with E-state index in [9.17, 15) is 9.59 Å². The van der Waals surface area contributed by atoms with Gasteiger partial charge in [-0.15, -0.1) is 0 Å². The lowest BCUT2D eigenvalue weighted by Crippen LogP contribution is -2.18. The normalized spacial score (nSPS) is 10.3. The Bertz CT molecular complexity index is 633. The van der Waals surface area contributed by atoms with E-state index in [0.29, 0.717) is 17.8 Å². The van der Waals surface area contributed by atoms with Crippen molar-refractivity contribution in [2.24, 2.45) is 11.5 Å². The van der Waals surface area contributed by atoms with E-state index in [1.807, 2.05) is 12.1 Å². The largest absolute Gasteiger partial charge is 0.368 e. The van der Waals surface area contributed by atoms with Crippen molar-refractivity contribution >= 4 is 17.5 Å². The van der Waals surface area contributed by atoms with E-state index in [1.165, 1.54) is 10.9 Å². The average molecular weight is 287 g/mol. The number of carbonyl (C=O) groups is 2. The van der Waals surface area contributed by atoms with Crippen LogP contribution in [0.1, 0.15) is 15.9 Å². The fourth-order valence-corrected chi connectivity index (χ4v) is 1.87. The van der Waals surface area contributed by atoms with Crippen molar-refractivity contribution < 1.29 is 9.59 Å². The van der Waals surface area contributed by atoms with E-state index in [2.05, 4.69) is 10.4 Å². The number of aromatic nitrogens is 2. The summed E-state index contributed by atoms with van der Waals surface area (Å²) >= 11 is 0. The highest BCUT2D eigenvalue weighted by molar-refractivity contribution is 6.04. The van der Waals surface area contributed by atoms with Gasteiger partial charge in [-0.2, -0.15) is 5.10 Å². The Labute approximate surface area is 121 Å². The van der Waals surface area contributed by atoms with Crippen LogP contribution < -0.4 is 16.8 Å². The maximum atomic E-state index is 12.1. The van der Waals surface area contributed by atoms with Gasteiger partial charge in [0.15, 0.2) is 0 Å². The quantitative estimate of drug-likeness (QED) is 0.699. The number of rotatable bonds is 6. The summed E-state index contributed by atoms with van der Waals surface area (Å²) in [5, 5.41) is 6.63. The number of carbonyl (C=O) groups excluding carboxylic acids is 2. The van der Waals surface area contributed by atoms with Gasteiger partial charge in [-0.1, -0.05) is 12.1 Å². The first-order valence-electron chi connectivity index (χ1n) is 6.49. The van der Waals surface area contributed by atoms with E-state index >= 15 is 0 Å². The molecule has 21 heavy (non-hydrogen) atoms. The molecule has 0 fully saturated rings. The predicted molar refractivity (Wildman–Crippen MR) is 78.6 cm³/mol. The van der Waals surface area contributed by atoms with Gasteiger partial charge < -0.3 is 16.8 Å². The van der Waals surface area contributed by atoms with Gasteiger partial charge >= 0.3 is 0 Å². The summed E-state index contributed by atoms with van der Waals surface area (Å²) in [5.74, 6) is -0.737. The molecule has 0 saturated carbocycles. The van der Waals surface area contributed by atoms with E-state index in [0.717, 1.165) is 12.0 Å². The summed E-state index contributed by atoms with van der Waals surface area (Å²) in [5.41, 5.74) is 12.7. The number of nitrogens with two attached hydrogens (primary N) is 2. The summed E-state index contributed by atoms with van der Waals surface area (Å²) in [7, 11) is 0. The summed E-state index contributed by atoms with van der Waals surface area (Å²) in [6, 6.07) is 7.24. The number of benzene rings is 1. The number of amides is 2. The Balaban J connectivity index is 2.00. The number of hydrogen-bond donors (Lipinski definition) is 3. The van der Waals surface area contributed by atoms with Crippen LogP contribution in [0.5, 0.6) is 0 Å². The lowest BCUT2D eigenvalue weighted by Gasteiger charge is -2.04. The minimum Gasteiger partial charge on any atom is -0.368 e. The summed E-state index contributed by atoms with van der Waals surface area (Å²) in [6.07, 6.45) is 3.79. The van der Waals surface area contributed by atoms with Crippen LogP contribution in [-0.4, -0.2) is 28.1 Å². The van der Waals surface area contributed by atoms with E-state index in [4.69, 9.17) is 11.5 Å². The second-order valence-electron chi connectivity index (χ2n) is 4.58. The van der Waals surface area contributed by atoms with E-state index in [1.54, 1.807) is 18.3 Å². The maximum absolute atomic E-state index is 12.1. The molecule has 0 aliphatic carbocycles. The summed E-state index contributed by atoms with van der Waals surface area (Å²) < 4.78 is 1.36. The van der Waals surface area contributed by atoms with Gasteiger partial charge in [-0.05, 0) is 30.7 Å². The first-order valence-corrected chi connectivity index (χ1v) is 6.49. The number of nitrogens with one attached hydrogen (secondary N) is 1. The highest BCUT2D eigenvalue weighted by Gasteiger charge is 2.08. The molecule has 2 rings (SSSR count). The third kappa shape index (κ3) is 4.15. The molecular formula is C14H17N5O2. The molecule has 110 valence electrons. The molecule has 5 N–H and O–H groups in total. The molecule has 1 aromatic carbocycles. The first-order chi connectivity index (χ1) is 10.1. The van der Waals surface area contributed by atoms with E-state index < -0.39 is 5.91 Å². The van der Waals surface area contributed by atoms with Gasteiger partial charge in [0.05, 0.1) is 11.9 Å². The van der Waals surface area contributed by atoms with Crippen LogP contribution >= 0.6 is 0 Å². The molecule has 7 heteroatoms. The Hall–Kier alpha value is -2.67. The lowest BCUT2D eigenvalue weighted by molar-refractivity contribution is -0.118. The topological polar surface area (TPSA) is 116 Å². The lowest BCUT2D eigenvalue weighted by atomic mass is 10.1. The molecule has 2 aromatic rings. The number of primary amides is 1. The fourth-order valence-electron chi connectivity index (χ4n) is 1.87. The molecule has 0 bridgehead atoms. The molecule has 0 radical (unpaired) electrons. The minimum atomic E-state index is -0.494. The van der Waals surface area contributed by atoms with Crippen LogP contribution in [0.15, 0.2) is 36.7 Å². The van der Waals surface area contributed by atoms with Crippen LogP contribution in [0.25, 0.3) is 0 Å². The third-order valence-corrected chi connectivity index (χ3v) is 2.86. The Kier molecular flexibility index (Phi) is 4.68. The number of hydrogen-bond acceptors (Lipinski definition) is 4. The molecule has 7 nitrogen and oxygen atoms in total. The SMILES string of the molecule is NCCc1ccc(C(=O)Nc2cnn(CC(N)=O)c2)cc1. The second-order valence-corrected chi connectivity index (χ2v) is 4.58. The van der Waals surface area contributed by atoms with Crippen molar-refractivity contribution in [2.75, 3.05) is 11.9 Å². The molecule has 1 heterocycles. The van der Waals surface area contributed by atoms with Crippen molar-refractivity contribution in [1.82, 2.24) is 9.78 Å². The van der Waals surface area contributed by atoms with Crippen molar-refractivity contribution in [3.63, 3.8) is 0 Å². The minimum absolute atomic E-state index is 0.0242. The van der Waals surface area contributed by atoms with Crippen molar-refractivity contribution in [2.45, 2.75) is 13.0 Å². The molecule has 2 amide bonds. The van der Waals surface area contributed by atoms with Crippen molar-refractivity contribution in [1.29, 1.82) is 0 Å². The molecular weight excluding hydrogens is 270 g/mol. The van der Waals surface area contributed by atoms with Gasteiger partial charge in [-0.25, -0.2) is 0 Å². The van der Waals surface area contributed by atoms with Gasteiger partial charge in [0.2, 0.25) is 5.91 Å². The monoisotopic (exact) mass is 287 g/mol. The highest BCUT2D eigenvalue weighted by Crippen LogP contribution is 2.10. The van der Waals surface area contributed by atoms with Crippen molar-refractivity contribution in [3.05, 3.63) is 47.8 Å². The van der Waals surface area contributed by atoms with Crippen LogP contribution in [0.3, 0.4) is 0 Å². The van der Waals surface area contributed by atoms with Crippen molar-refractivity contribution in [3.8, 4) is 0 Å². The van der Waals surface area contributed by atoms with Gasteiger partial charge in [0.1, 0.15) is 6.54 Å². The second kappa shape index (κ2) is 6.67. The standard InChI is InChI=1S/C14H17N5O2/c15-6-5-10-1-3-11(4-2-10)14(21)18-12-7-17-19(8-12)9-13(16)20/h1-4,7-8H,5-6,9,15H2,(H2,16,20)(H,18,21). The zero-order valence-electron chi connectivity index (χ0n) is 11.5. The fraction of sp³-hybridized carbons (Fsp3) is 0.214. The Morgan fingerprint density at radius 1 is 1.24 bits per heavy atom. The predicted octanol–water partition coefficient (Wildman–Crippen LogP) is 0.122. The first kappa shape index (κ1) is 14.7. The van der Waals surface area contributed by atoms with Gasteiger partial charge in [0, 0.05) is 11.8 Å². The third-order valence-electron chi connectivity index (χ3n) is 2.86. The smallest absolute Gasteiger partial charge is 0.255 e. The Morgan fingerprint density at radius 3 is 2.57 bits per heavy atom. The van der Waals surface area contributed by atoms with Crippen LogP contribution in [0.4, 0.5) is 5.69 Å². The number of nitrogens with zero attached hydrogens (tertiary/aromatic N) is 2. The van der Waals surface area contributed by atoms with Gasteiger partial charge in [0.25, 0.3) is 5.91 Å². The molecule has 0 aliphatic heterocycles. The highest BCUT2D eigenvalue weighted by atomic mass is 16.2. The van der Waals surface area contributed by atoms with E-state index in [-0.39, 0.29) is 12.5 Å². The van der Waals surface area contributed by atoms with Gasteiger partial charge in [-0.3, -0.25) is 14.3 Å². The molecule has 1 aromatic heterocycles.